The van der Waals surface area contributed by atoms with Gasteiger partial charge in [0.05, 0.1) is 42.4 Å². The van der Waals surface area contributed by atoms with Gasteiger partial charge in [-0.15, -0.1) is 0 Å². The zero-order valence-electron chi connectivity index (χ0n) is 30.5. The van der Waals surface area contributed by atoms with Gasteiger partial charge in [0.1, 0.15) is 35.3 Å². The van der Waals surface area contributed by atoms with Gasteiger partial charge in [-0.1, -0.05) is 18.2 Å². The second-order valence-electron chi connectivity index (χ2n) is 14.4. The molecule has 4 rings (SSSR count). The number of nitrogens with one attached hydrogen (secondary N) is 1. The highest BCUT2D eigenvalue weighted by atomic mass is 31.2. The van der Waals surface area contributed by atoms with Crippen LogP contribution in [0.1, 0.15) is 80.0 Å². The number of para-hydroxylation sites is 1. The number of benzene rings is 1. The summed E-state index contributed by atoms with van der Waals surface area (Å²) in [6.07, 6.45) is -4.25. The minimum atomic E-state index is -4.48. The average Bonchev–Trinajstić information content (AvgIpc) is 3.54. The van der Waals surface area contributed by atoms with Gasteiger partial charge in [0, 0.05) is 0 Å². The van der Waals surface area contributed by atoms with Crippen molar-refractivity contribution in [2.75, 3.05) is 12.3 Å². The number of anilines is 1. The third-order valence-corrected chi connectivity index (χ3v) is 9.25. The van der Waals surface area contributed by atoms with Crippen LogP contribution in [0.3, 0.4) is 0 Å². The predicted octanol–water partition coefficient (Wildman–Crippen LogP) is 3.42. The van der Waals surface area contributed by atoms with E-state index in [1.807, 2.05) is 0 Å². The molecule has 5 N–H and O–H groups in total. The Morgan fingerprint density at radius 2 is 1.63 bits per heavy atom. The Bertz CT molecular complexity index is 1770. The first-order chi connectivity index (χ1) is 24.1. The number of rotatable bonds is 16. The number of esters is 3. The zero-order valence-corrected chi connectivity index (χ0v) is 31.4. The molecule has 1 aliphatic rings. The Kier molecular flexibility index (Phi) is 12.4. The molecule has 18 heteroatoms. The van der Waals surface area contributed by atoms with E-state index in [-0.39, 0.29) is 11.6 Å². The number of hydrogen-bond acceptors (Lipinski definition) is 15. The van der Waals surface area contributed by atoms with Crippen LogP contribution in [0.4, 0.5) is 5.82 Å². The molecule has 0 bridgehead atoms. The van der Waals surface area contributed by atoms with Crippen molar-refractivity contribution in [2.24, 2.45) is 0 Å². The summed E-state index contributed by atoms with van der Waals surface area (Å²) in [7, 11) is -4.48. The predicted molar refractivity (Wildman–Crippen MR) is 186 cm³/mol. The highest BCUT2D eigenvalue weighted by Crippen LogP contribution is 2.50. The molecule has 0 amide bonds. The molecule has 0 aliphatic carbocycles. The van der Waals surface area contributed by atoms with Crippen molar-refractivity contribution >= 4 is 37.0 Å². The van der Waals surface area contributed by atoms with Crippen LogP contribution in [0.5, 0.6) is 5.75 Å². The topological polar surface area (TPSA) is 232 Å². The molecule has 1 saturated heterocycles. The Morgan fingerprint density at radius 3 is 2.23 bits per heavy atom. The number of fused-ring (bicyclic) bond motifs is 1. The summed E-state index contributed by atoms with van der Waals surface area (Å²) in [4.78, 5) is 43.3. The molecule has 6 atom stereocenters. The maximum atomic E-state index is 14.4. The van der Waals surface area contributed by atoms with Gasteiger partial charge < -0.3 is 39.4 Å². The smallest absolute Gasteiger partial charge is 0.459 e. The number of nitrogens with zero attached hydrogens (tertiary/aromatic N) is 3. The molecule has 0 saturated carbocycles. The van der Waals surface area contributed by atoms with Crippen molar-refractivity contribution in [1.82, 2.24) is 19.7 Å². The Balaban J connectivity index is 1.78. The maximum Gasteiger partial charge on any atom is 0.459 e. The molecular weight excluding hydrogens is 701 g/mol. The maximum absolute atomic E-state index is 14.4. The van der Waals surface area contributed by atoms with Gasteiger partial charge in [0.25, 0.3) is 0 Å². The van der Waals surface area contributed by atoms with E-state index in [2.05, 4.69) is 15.2 Å². The van der Waals surface area contributed by atoms with E-state index >= 15 is 0 Å². The molecule has 17 nitrogen and oxygen atoms in total. The van der Waals surface area contributed by atoms with Gasteiger partial charge in [-0.25, -0.2) is 14.1 Å². The largest absolute Gasteiger partial charge is 0.462 e. The summed E-state index contributed by atoms with van der Waals surface area (Å²) in [6, 6.07) is 10.1. The summed E-state index contributed by atoms with van der Waals surface area (Å²) in [5.74, 6) is -2.18. The number of nitrogens with two attached hydrogens (primary N) is 1. The normalized spacial score (nSPS) is 22.5. The second kappa shape index (κ2) is 15.9. The fourth-order valence-corrected chi connectivity index (χ4v) is 6.99. The monoisotopic (exact) mass is 749 g/mol. The Labute approximate surface area is 301 Å². The van der Waals surface area contributed by atoms with Crippen molar-refractivity contribution < 1.29 is 57.2 Å². The third kappa shape index (κ3) is 10.7. The second-order valence-corrected chi connectivity index (χ2v) is 16.1. The van der Waals surface area contributed by atoms with Gasteiger partial charge in [0.2, 0.25) is 0 Å². The first kappa shape index (κ1) is 40.6. The van der Waals surface area contributed by atoms with Crippen LogP contribution in [0, 0.1) is 0 Å². The van der Waals surface area contributed by atoms with Crippen LogP contribution >= 0.6 is 7.75 Å². The molecule has 2 aromatic heterocycles. The lowest BCUT2D eigenvalue weighted by Gasteiger charge is -2.33. The van der Waals surface area contributed by atoms with E-state index < -0.39 is 92.4 Å². The SMILES string of the molecule is CC(C)OC(=O)[C@H](C)N[P@](=O)(OC[C@@]1(C)O[C@@H](c2ccc3c(N)ncnn23)[C@H](OC(=O)CC(C)(C)O)[C@@H]1OC(=O)CC(C)(C)O)Oc1ccccc1. The molecule has 1 aliphatic heterocycles. The van der Waals surface area contributed by atoms with E-state index in [0.717, 1.165) is 0 Å². The van der Waals surface area contributed by atoms with Crippen LogP contribution < -0.4 is 15.3 Å². The molecule has 0 spiro atoms. The van der Waals surface area contributed by atoms with Crippen LogP contribution in [0.25, 0.3) is 5.52 Å². The van der Waals surface area contributed by atoms with E-state index in [9.17, 15) is 29.2 Å². The average molecular weight is 750 g/mol. The van der Waals surface area contributed by atoms with E-state index in [0.29, 0.717) is 11.2 Å². The highest BCUT2D eigenvalue weighted by Gasteiger charge is 2.59. The number of nitrogen functional groups attached to an aromatic ring is 1. The van der Waals surface area contributed by atoms with E-state index in [1.54, 1.807) is 44.2 Å². The summed E-state index contributed by atoms with van der Waals surface area (Å²) < 4.78 is 51.3. The Hall–Kier alpha value is -4.12. The van der Waals surface area contributed by atoms with Crippen LogP contribution in [-0.4, -0.2) is 90.5 Å². The molecule has 286 valence electrons. The summed E-state index contributed by atoms with van der Waals surface area (Å²) in [6.45, 7) is 11.3. The van der Waals surface area contributed by atoms with Crippen molar-refractivity contribution in [2.45, 2.75) is 115 Å². The fourth-order valence-electron chi connectivity index (χ4n) is 5.41. The first-order valence-electron chi connectivity index (χ1n) is 16.7. The lowest BCUT2D eigenvalue weighted by atomic mass is 9.95. The number of carbonyl (C=O) groups excluding carboxylic acids is 3. The zero-order chi connectivity index (χ0) is 38.6. The molecule has 1 aromatic carbocycles. The number of aromatic nitrogens is 3. The Morgan fingerprint density at radius 1 is 1.02 bits per heavy atom. The van der Waals surface area contributed by atoms with E-state index in [1.165, 1.54) is 64.5 Å². The van der Waals surface area contributed by atoms with Crippen molar-refractivity contribution in [3.63, 3.8) is 0 Å². The highest BCUT2D eigenvalue weighted by molar-refractivity contribution is 7.52. The quantitative estimate of drug-likeness (QED) is 0.0933. The number of carbonyl (C=O) groups is 3. The summed E-state index contributed by atoms with van der Waals surface area (Å²) in [5, 5.41) is 27.7. The summed E-state index contributed by atoms with van der Waals surface area (Å²) >= 11 is 0. The number of ether oxygens (including phenoxy) is 4. The molecular formula is C34H48N5O12P. The lowest BCUT2D eigenvalue weighted by molar-refractivity contribution is -0.176. The van der Waals surface area contributed by atoms with Gasteiger partial charge in [-0.2, -0.15) is 10.2 Å². The minimum Gasteiger partial charge on any atom is -0.462 e. The van der Waals surface area contributed by atoms with E-state index in [4.69, 9.17) is 33.7 Å². The first-order valence-corrected chi connectivity index (χ1v) is 18.2. The van der Waals surface area contributed by atoms with Gasteiger partial charge in [-0.05, 0) is 79.7 Å². The molecule has 0 unspecified atom stereocenters. The van der Waals surface area contributed by atoms with Gasteiger partial charge >= 0.3 is 25.7 Å². The molecule has 52 heavy (non-hydrogen) atoms. The number of aliphatic hydroxyl groups is 2. The van der Waals surface area contributed by atoms with Gasteiger partial charge in [-0.3, -0.25) is 18.9 Å². The van der Waals surface area contributed by atoms with Crippen molar-refractivity contribution in [1.29, 1.82) is 0 Å². The molecule has 0 radical (unpaired) electrons. The van der Waals surface area contributed by atoms with Crippen LogP contribution in [0.15, 0.2) is 48.8 Å². The van der Waals surface area contributed by atoms with Crippen molar-refractivity contribution in [3.05, 3.63) is 54.5 Å². The lowest BCUT2D eigenvalue weighted by Crippen LogP contribution is -2.49. The standard InChI is InChI=1S/C34H48N5O12P/c1-20(2)47-31(42)21(3)38-52(45,51-22-12-10-9-11-13-22)46-18-34(8)29(49-26(41)17-33(6,7)44)28(48-25(40)16-32(4,5)43)27(50-34)23-14-15-24-30(35)36-19-37-39(23)24/h9-15,19-21,27-29,43-44H,16-18H2,1-8H3,(H,38,45)(H2,35,36,37)/t21-,27-,28-,29-,34+,52-/m0/s1. The molecule has 3 aromatic rings. The minimum absolute atomic E-state index is 0.140. The van der Waals surface area contributed by atoms with Gasteiger partial charge in [0.15, 0.2) is 18.0 Å². The van der Waals surface area contributed by atoms with Crippen molar-refractivity contribution in [3.8, 4) is 5.75 Å². The number of hydrogen-bond donors (Lipinski definition) is 4. The van der Waals surface area contributed by atoms with Crippen LogP contribution in [0.2, 0.25) is 0 Å². The van der Waals surface area contributed by atoms with Crippen LogP contribution in [-0.2, 0) is 42.4 Å². The third-order valence-electron chi connectivity index (χ3n) is 7.62. The fraction of sp³-hybridized carbons (Fsp3) is 0.559. The molecule has 1 fully saturated rings. The summed E-state index contributed by atoms with van der Waals surface area (Å²) in [5.41, 5.74) is 2.08. The molecule has 3 heterocycles.